The van der Waals surface area contributed by atoms with Crippen LogP contribution in [0.3, 0.4) is 0 Å². The summed E-state index contributed by atoms with van der Waals surface area (Å²) in [6.45, 7) is 7.16. The fourth-order valence-electron chi connectivity index (χ4n) is 3.87. The molecule has 1 aromatic carbocycles. The third-order valence-electron chi connectivity index (χ3n) is 5.44. The number of likely N-dealkylation sites (N-methyl/N-ethyl adjacent to an activating group) is 1. The van der Waals surface area contributed by atoms with E-state index in [4.69, 9.17) is 0 Å². The number of rotatable bonds is 5. The van der Waals surface area contributed by atoms with Gasteiger partial charge >= 0.3 is 0 Å². The lowest BCUT2D eigenvalue weighted by atomic mass is 10.0. The fourth-order valence-corrected chi connectivity index (χ4v) is 3.87. The van der Waals surface area contributed by atoms with Gasteiger partial charge in [0.1, 0.15) is 0 Å². The highest BCUT2D eigenvalue weighted by Gasteiger charge is 2.25. The number of piperazine rings is 1. The van der Waals surface area contributed by atoms with Gasteiger partial charge in [0.05, 0.1) is 4.92 Å². The maximum Gasteiger partial charge on any atom is 0.273 e. The monoisotopic (exact) mass is 332 g/mol. The molecule has 0 spiro atoms. The van der Waals surface area contributed by atoms with Crippen LogP contribution in [0.15, 0.2) is 24.3 Å². The molecule has 132 valence electrons. The molecule has 0 unspecified atom stereocenters. The van der Waals surface area contributed by atoms with E-state index in [-0.39, 0.29) is 10.6 Å². The highest BCUT2D eigenvalue weighted by atomic mass is 16.6. The minimum atomic E-state index is -0.273. The molecule has 1 aromatic rings. The molecule has 0 aliphatic carbocycles. The zero-order valence-electron chi connectivity index (χ0n) is 14.6. The largest absolute Gasteiger partial charge is 0.302 e. The van der Waals surface area contributed by atoms with Crippen molar-refractivity contribution in [2.45, 2.75) is 31.8 Å². The first-order chi connectivity index (χ1) is 11.6. The summed E-state index contributed by atoms with van der Waals surface area (Å²) in [6.07, 6.45) is 4.00. The van der Waals surface area contributed by atoms with Gasteiger partial charge in [-0.3, -0.25) is 19.9 Å². The second kappa shape index (κ2) is 8.05. The number of nitro groups is 1. The highest BCUT2D eigenvalue weighted by Crippen LogP contribution is 2.21. The normalized spacial score (nSPS) is 24.1. The van der Waals surface area contributed by atoms with Crippen LogP contribution in [0.1, 0.15) is 24.8 Å². The van der Waals surface area contributed by atoms with Gasteiger partial charge in [-0.25, -0.2) is 0 Å². The topological polar surface area (TPSA) is 52.9 Å². The molecule has 2 heterocycles. The molecule has 2 fully saturated rings. The third kappa shape index (κ3) is 4.32. The van der Waals surface area contributed by atoms with E-state index in [9.17, 15) is 10.1 Å². The van der Waals surface area contributed by atoms with Crippen LogP contribution in [-0.2, 0) is 6.54 Å². The summed E-state index contributed by atoms with van der Waals surface area (Å²) in [5, 5.41) is 11.1. The minimum Gasteiger partial charge on any atom is -0.302 e. The summed E-state index contributed by atoms with van der Waals surface area (Å²) >= 11 is 0. The molecule has 0 saturated carbocycles. The van der Waals surface area contributed by atoms with Crippen molar-refractivity contribution in [2.24, 2.45) is 0 Å². The summed E-state index contributed by atoms with van der Waals surface area (Å²) in [5.74, 6) is 0. The lowest BCUT2D eigenvalue weighted by Crippen LogP contribution is -2.51. The Balaban J connectivity index is 1.49. The Morgan fingerprint density at radius 1 is 1.08 bits per heavy atom. The number of piperidine rings is 1. The first-order valence-corrected chi connectivity index (χ1v) is 9.01. The molecule has 6 nitrogen and oxygen atoms in total. The van der Waals surface area contributed by atoms with E-state index in [0.29, 0.717) is 12.6 Å². The number of hydrogen-bond acceptors (Lipinski definition) is 5. The van der Waals surface area contributed by atoms with Crippen LogP contribution in [0.5, 0.6) is 0 Å². The van der Waals surface area contributed by atoms with E-state index in [0.717, 1.165) is 38.3 Å². The Morgan fingerprint density at radius 3 is 2.50 bits per heavy atom. The summed E-state index contributed by atoms with van der Waals surface area (Å²) in [6, 6.07) is 7.80. The maximum atomic E-state index is 11.1. The number of benzene rings is 1. The second-order valence-electron chi connectivity index (χ2n) is 7.09. The molecule has 6 heteroatoms. The van der Waals surface area contributed by atoms with Crippen LogP contribution < -0.4 is 0 Å². The average Bonchev–Trinajstić information content (AvgIpc) is 2.59. The summed E-state index contributed by atoms with van der Waals surface area (Å²) in [5.41, 5.74) is 1.06. The Labute approximate surface area is 144 Å². The second-order valence-corrected chi connectivity index (χ2v) is 7.09. The molecule has 2 aliphatic heterocycles. The number of nitrogens with zero attached hydrogens (tertiary/aromatic N) is 4. The molecule has 2 saturated heterocycles. The van der Waals surface area contributed by atoms with Crippen molar-refractivity contribution >= 4 is 5.69 Å². The molecular formula is C18H28N4O2. The Bertz CT molecular complexity index is 558. The molecular weight excluding hydrogens is 304 g/mol. The van der Waals surface area contributed by atoms with Gasteiger partial charge in [0, 0.05) is 56.9 Å². The van der Waals surface area contributed by atoms with E-state index < -0.39 is 0 Å². The van der Waals surface area contributed by atoms with Crippen molar-refractivity contribution in [1.82, 2.24) is 14.7 Å². The average molecular weight is 332 g/mol. The van der Waals surface area contributed by atoms with E-state index in [1.54, 1.807) is 12.1 Å². The van der Waals surface area contributed by atoms with Gasteiger partial charge in [-0.05, 0) is 26.4 Å². The Kier molecular flexibility index (Phi) is 5.81. The molecule has 0 radical (unpaired) electrons. The van der Waals surface area contributed by atoms with Crippen molar-refractivity contribution in [2.75, 3.05) is 46.3 Å². The molecule has 0 N–H and O–H groups in total. The van der Waals surface area contributed by atoms with Gasteiger partial charge in [-0.2, -0.15) is 0 Å². The van der Waals surface area contributed by atoms with Gasteiger partial charge in [0.25, 0.3) is 5.69 Å². The van der Waals surface area contributed by atoms with Crippen molar-refractivity contribution in [3.8, 4) is 0 Å². The molecule has 2 aliphatic rings. The van der Waals surface area contributed by atoms with E-state index in [1.165, 1.54) is 25.8 Å². The standard InChI is InChI=1S/C18H28N4O2/c1-19-9-5-4-7-17(19)15-21-12-10-20(11-13-21)14-16-6-2-3-8-18(16)22(23)24/h2-3,6,8,17H,4-5,7,9-15H2,1H3/t17-/m0/s1. The summed E-state index contributed by atoms with van der Waals surface area (Å²) < 4.78 is 0. The quantitative estimate of drug-likeness (QED) is 0.611. The van der Waals surface area contributed by atoms with Crippen LogP contribution >= 0.6 is 0 Å². The molecule has 1 atom stereocenters. The zero-order valence-corrected chi connectivity index (χ0v) is 14.6. The number of hydrogen-bond donors (Lipinski definition) is 0. The van der Waals surface area contributed by atoms with E-state index in [2.05, 4.69) is 21.7 Å². The van der Waals surface area contributed by atoms with E-state index in [1.807, 2.05) is 12.1 Å². The Morgan fingerprint density at radius 2 is 1.79 bits per heavy atom. The summed E-state index contributed by atoms with van der Waals surface area (Å²) in [7, 11) is 2.24. The number of nitro benzene ring substituents is 1. The first kappa shape index (κ1) is 17.3. The molecule has 0 aromatic heterocycles. The zero-order chi connectivity index (χ0) is 16.9. The smallest absolute Gasteiger partial charge is 0.273 e. The van der Waals surface area contributed by atoms with Crippen molar-refractivity contribution < 1.29 is 4.92 Å². The fraction of sp³-hybridized carbons (Fsp3) is 0.667. The molecule has 0 bridgehead atoms. The van der Waals surface area contributed by atoms with Gasteiger partial charge in [0.15, 0.2) is 0 Å². The molecule has 24 heavy (non-hydrogen) atoms. The predicted octanol–water partition coefficient (Wildman–Crippen LogP) is 2.20. The van der Waals surface area contributed by atoms with Gasteiger partial charge in [0.2, 0.25) is 0 Å². The number of para-hydroxylation sites is 1. The van der Waals surface area contributed by atoms with E-state index >= 15 is 0 Å². The van der Waals surface area contributed by atoms with Crippen molar-refractivity contribution in [3.63, 3.8) is 0 Å². The maximum absolute atomic E-state index is 11.1. The minimum absolute atomic E-state index is 0.240. The van der Waals surface area contributed by atoms with Crippen molar-refractivity contribution in [1.29, 1.82) is 0 Å². The van der Waals surface area contributed by atoms with Crippen LogP contribution in [-0.4, -0.2) is 72.0 Å². The SMILES string of the molecule is CN1CCCC[C@H]1CN1CCN(Cc2ccccc2[N+](=O)[O-])CC1. The predicted molar refractivity (Wildman–Crippen MR) is 95.1 cm³/mol. The van der Waals surface area contributed by atoms with Crippen LogP contribution in [0.25, 0.3) is 0 Å². The summed E-state index contributed by atoms with van der Waals surface area (Å²) in [4.78, 5) is 18.3. The van der Waals surface area contributed by atoms with Gasteiger partial charge in [-0.1, -0.05) is 24.6 Å². The van der Waals surface area contributed by atoms with Crippen LogP contribution in [0, 0.1) is 10.1 Å². The van der Waals surface area contributed by atoms with Gasteiger partial charge in [-0.15, -0.1) is 0 Å². The van der Waals surface area contributed by atoms with Crippen molar-refractivity contribution in [3.05, 3.63) is 39.9 Å². The molecule has 0 amide bonds. The lowest BCUT2D eigenvalue weighted by molar-refractivity contribution is -0.385. The highest BCUT2D eigenvalue weighted by molar-refractivity contribution is 5.39. The molecule has 3 rings (SSSR count). The number of likely N-dealkylation sites (tertiary alicyclic amines) is 1. The van der Waals surface area contributed by atoms with Crippen LogP contribution in [0.4, 0.5) is 5.69 Å². The first-order valence-electron chi connectivity index (χ1n) is 9.01. The lowest BCUT2D eigenvalue weighted by Gasteiger charge is -2.40. The Hall–Kier alpha value is -1.50. The third-order valence-corrected chi connectivity index (χ3v) is 5.44. The van der Waals surface area contributed by atoms with Gasteiger partial charge < -0.3 is 4.90 Å². The van der Waals surface area contributed by atoms with Crippen LogP contribution in [0.2, 0.25) is 0 Å².